The fourth-order valence-corrected chi connectivity index (χ4v) is 4.68. The van der Waals surface area contributed by atoms with E-state index in [9.17, 15) is 14.4 Å². The van der Waals surface area contributed by atoms with E-state index < -0.39 is 0 Å². The van der Waals surface area contributed by atoms with Crippen LogP contribution in [0.15, 0.2) is 40.1 Å². The third-order valence-corrected chi connectivity index (χ3v) is 6.60. The Morgan fingerprint density at radius 3 is 2.71 bits per heavy atom. The normalized spacial score (nSPS) is 14.0. The smallest absolute Gasteiger partial charge is 0.256 e. The van der Waals surface area contributed by atoms with E-state index in [-0.39, 0.29) is 17.5 Å². The van der Waals surface area contributed by atoms with Crippen LogP contribution in [0.1, 0.15) is 48.5 Å². The molecule has 3 aromatic rings. The van der Waals surface area contributed by atoms with Crippen molar-refractivity contribution in [3.63, 3.8) is 0 Å². The monoisotopic (exact) mass is 438 g/mol. The summed E-state index contributed by atoms with van der Waals surface area (Å²) in [7, 11) is 0. The molecule has 1 fully saturated rings. The van der Waals surface area contributed by atoms with E-state index in [0.717, 1.165) is 36.9 Å². The van der Waals surface area contributed by atoms with Crippen LogP contribution in [-0.2, 0) is 4.79 Å². The van der Waals surface area contributed by atoms with Gasteiger partial charge < -0.3 is 14.3 Å². The van der Waals surface area contributed by atoms with Crippen LogP contribution < -0.4 is 5.32 Å². The first-order chi connectivity index (χ1) is 15.0. The molecule has 6 nitrogen and oxygen atoms in total. The molecule has 4 rings (SSSR count). The number of benzene rings is 1. The molecule has 2 aromatic heterocycles. The lowest BCUT2D eigenvalue weighted by Gasteiger charge is -2.19. The largest absolute Gasteiger partial charge is 0.431 e. The summed E-state index contributed by atoms with van der Waals surface area (Å²) in [5.41, 5.74) is 3.18. The molecule has 2 heterocycles. The van der Waals surface area contributed by atoms with E-state index in [1.54, 1.807) is 18.3 Å². The number of nitriles is 1. The maximum absolute atomic E-state index is 13.1. The fraction of sp³-hybridized carbons (Fsp3) is 0.348. The van der Waals surface area contributed by atoms with Crippen molar-refractivity contribution in [1.82, 2.24) is 9.55 Å². The second-order valence-corrected chi connectivity index (χ2v) is 8.61. The van der Waals surface area contributed by atoms with Crippen molar-refractivity contribution in [3.05, 3.63) is 53.1 Å². The van der Waals surface area contributed by atoms with Gasteiger partial charge in [-0.3, -0.25) is 4.79 Å². The molecule has 31 heavy (non-hydrogen) atoms. The molecule has 0 saturated heterocycles. The van der Waals surface area contributed by atoms with Crippen molar-refractivity contribution >= 4 is 23.5 Å². The Bertz CT molecular complexity index is 1140. The lowest BCUT2D eigenvalue weighted by Crippen LogP contribution is -2.19. The Morgan fingerprint density at radius 2 is 2.03 bits per heavy atom. The maximum Gasteiger partial charge on any atom is 0.256 e. The summed E-state index contributed by atoms with van der Waals surface area (Å²) >= 11 is 1.17. The Balaban J connectivity index is 1.46. The van der Waals surface area contributed by atoms with E-state index in [1.165, 1.54) is 23.9 Å². The van der Waals surface area contributed by atoms with E-state index in [2.05, 4.69) is 20.9 Å². The first-order valence-corrected chi connectivity index (χ1v) is 11.2. The van der Waals surface area contributed by atoms with Crippen molar-refractivity contribution < 1.29 is 13.6 Å². The van der Waals surface area contributed by atoms with Crippen LogP contribution in [0.2, 0.25) is 0 Å². The van der Waals surface area contributed by atoms with Crippen LogP contribution in [-0.4, -0.2) is 21.2 Å². The molecule has 0 spiro atoms. The average molecular weight is 439 g/mol. The zero-order chi connectivity index (χ0) is 22.0. The quantitative estimate of drug-likeness (QED) is 0.505. The SMILES string of the molecule is Cc1c(C#N)c(NC(=O)CSc2ncc(-c3ccc(F)cc3)o2)n(C2CCCC2)c1C. The van der Waals surface area contributed by atoms with E-state index in [1.807, 2.05) is 13.8 Å². The van der Waals surface area contributed by atoms with Gasteiger partial charge in [0.2, 0.25) is 5.91 Å². The molecule has 0 unspecified atom stereocenters. The first-order valence-electron chi connectivity index (χ1n) is 10.2. The van der Waals surface area contributed by atoms with Gasteiger partial charge in [0.1, 0.15) is 17.7 Å². The number of amides is 1. The summed E-state index contributed by atoms with van der Waals surface area (Å²) in [6, 6.07) is 8.50. The molecule has 0 radical (unpaired) electrons. The van der Waals surface area contributed by atoms with Gasteiger partial charge in [-0.15, -0.1) is 0 Å². The Kier molecular flexibility index (Phi) is 6.14. The van der Waals surface area contributed by atoms with Crippen LogP contribution >= 0.6 is 11.8 Å². The number of rotatable bonds is 6. The predicted octanol–water partition coefficient (Wildman–Crippen LogP) is 5.62. The second kappa shape index (κ2) is 8.98. The van der Waals surface area contributed by atoms with Crippen molar-refractivity contribution in [3.8, 4) is 17.4 Å². The van der Waals surface area contributed by atoms with Gasteiger partial charge in [0, 0.05) is 17.3 Å². The van der Waals surface area contributed by atoms with Gasteiger partial charge in [0.15, 0.2) is 5.76 Å². The predicted molar refractivity (Wildman–Crippen MR) is 117 cm³/mol. The van der Waals surface area contributed by atoms with Gasteiger partial charge in [-0.2, -0.15) is 5.26 Å². The highest BCUT2D eigenvalue weighted by atomic mass is 32.2. The molecule has 1 aliphatic rings. The average Bonchev–Trinajstić information content (AvgIpc) is 3.49. The molecule has 1 N–H and O–H groups in total. The van der Waals surface area contributed by atoms with Crippen LogP contribution in [0, 0.1) is 31.0 Å². The van der Waals surface area contributed by atoms with E-state index in [0.29, 0.717) is 34.0 Å². The Labute approximate surface area is 184 Å². The third kappa shape index (κ3) is 4.37. The third-order valence-electron chi connectivity index (χ3n) is 5.76. The Morgan fingerprint density at radius 1 is 1.32 bits per heavy atom. The van der Waals surface area contributed by atoms with Gasteiger partial charge >= 0.3 is 0 Å². The minimum atomic E-state index is -0.320. The molecule has 1 saturated carbocycles. The number of aromatic nitrogens is 2. The number of hydrogen-bond acceptors (Lipinski definition) is 5. The summed E-state index contributed by atoms with van der Waals surface area (Å²) < 4.78 is 20.9. The summed E-state index contributed by atoms with van der Waals surface area (Å²) in [6.07, 6.45) is 5.99. The molecular formula is C23H23FN4O2S. The molecule has 1 aliphatic carbocycles. The number of halogens is 1. The van der Waals surface area contributed by atoms with Crippen LogP contribution in [0.3, 0.4) is 0 Å². The molecule has 0 bridgehead atoms. The summed E-state index contributed by atoms with van der Waals surface area (Å²) in [5, 5.41) is 13.0. The topological polar surface area (TPSA) is 83.8 Å². The zero-order valence-electron chi connectivity index (χ0n) is 17.4. The van der Waals surface area contributed by atoms with Crippen LogP contribution in [0.5, 0.6) is 0 Å². The van der Waals surface area contributed by atoms with Gasteiger partial charge in [-0.05, 0) is 56.5 Å². The number of nitrogens with one attached hydrogen (secondary N) is 1. The molecular weight excluding hydrogens is 415 g/mol. The zero-order valence-corrected chi connectivity index (χ0v) is 18.3. The van der Waals surface area contributed by atoms with Gasteiger partial charge in [0.05, 0.1) is 17.5 Å². The van der Waals surface area contributed by atoms with Crippen molar-refractivity contribution in [1.29, 1.82) is 5.26 Å². The number of anilines is 1. The van der Waals surface area contributed by atoms with E-state index >= 15 is 0 Å². The molecule has 1 aromatic carbocycles. The number of carbonyl (C=O) groups is 1. The molecule has 160 valence electrons. The van der Waals surface area contributed by atoms with Gasteiger partial charge in [-0.1, -0.05) is 24.6 Å². The molecule has 0 atom stereocenters. The highest BCUT2D eigenvalue weighted by molar-refractivity contribution is 7.99. The second-order valence-electron chi connectivity index (χ2n) is 7.69. The fourth-order valence-electron chi connectivity index (χ4n) is 4.07. The summed E-state index contributed by atoms with van der Waals surface area (Å²) in [6.45, 7) is 3.93. The number of nitrogens with zero attached hydrogens (tertiary/aromatic N) is 3. The molecule has 0 aliphatic heterocycles. The van der Waals surface area contributed by atoms with Crippen molar-refractivity contribution in [2.75, 3.05) is 11.1 Å². The minimum absolute atomic E-state index is 0.0994. The number of hydrogen-bond donors (Lipinski definition) is 1. The lowest BCUT2D eigenvalue weighted by atomic mass is 10.2. The number of thioether (sulfide) groups is 1. The van der Waals surface area contributed by atoms with Crippen LogP contribution in [0.25, 0.3) is 11.3 Å². The number of carbonyl (C=O) groups excluding carboxylic acids is 1. The lowest BCUT2D eigenvalue weighted by molar-refractivity contribution is -0.113. The van der Waals surface area contributed by atoms with Crippen LogP contribution in [0.4, 0.5) is 10.2 Å². The maximum atomic E-state index is 13.1. The van der Waals surface area contributed by atoms with Crippen molar-refractivity contribution in [2.45, 2.75) is 50.8 Å². The van der Waals surface area contributed by atoms with Gasteiger partial charge in [-0.25, -0.2) is 9.37 Å². The minimum Gasteiger partial charge on any atom is -0.431 e. The number of oxazole rings is 1. The van der Waals surface area contributed by atoms with Crippen molar-refractivity contribution in [2.24, 2.45) is 0 Å². The highest BCUT2D eigenvalue weighted by Crippen LogP contribution is 2.37. The van der Waals surface area contributed by atoms with Gasteiger partial charge in [0.25, 0.3) is 5.22 Å². The molecule has 8 heteroatoms. The standard InChI is InChI=1S/C23H23FN4O2S/c1-14-15(2)28(18-5-3-4-6-18)22(19(14)11-25)27-21(29)13-31-23-26-12-20(30-23)16-7-9-17(24)10-8-16/h7-10,12,18H,3-6,13H2,1-2H3,(H,27,29). The highest BCUT2D eigenvalue weighted by Gasteiger charge is 2.26. The molecule has 1 amide bonds. The van der Waals surface area contributed by atoms with E-state index in [4.69, 9.17) is 4.42 Å². The Hall–Kier alpha value is -3.05. The summed E-state index contributed by atoms with van der Waals surface area (Å²) in [4.78, 5) is 16.9. The summed E-state index contributed by atoms with van der Waals surface area (Å²) in [5.74, 6) is 0.659. The first kappa shape index (κ1) is 21.2.